The molecule has 0 aliphatic heterocycles. The average Bonchev–Trinajstić information content (AvgIpc) is 2.76. The van der Waals surface area contributed by atoms with Gasteiger partial charge in [-0.25, -0.2) is 0 Å². The third-order valence-corrected chi connectivity index (χ3v) is 2.82. The topological polar surface area (TPSA) is 51.5 Å². The summed E-state index contributed by atoms with van der Waals surface area (Å²) >= 11 is 3.16. The Morgan fingerprint density at radius 2 is 2.00 bits per heavy atom. The summed E-state index contributed by atoms with van der Waals surface area (Å²) in [5.41, 5.74) is 1.16. The summed E-state index contributed by atoms with van der Waals surface area (Å²) in [6.07, 6.45) is 1.45. The van der Waals surface area contributed by atoms with Gasteiger partial charge < -0.3 is 14.5 Å². The number of methoxy groups -OCH3 is 1. The number of nitrogens with one attached hydrogen (secondary N) is 1. The van der Waals surface area contributed by atoms with Crippen LogP contribution >= 0.6 is 15.9 Å². The van der Waals surface area contributed by atoms with Crippen molar-refractivity contribution in [3.05, 3.63) is 46.8 Å². The Morgan fingerprint density at radius 1 is 1.29 bits per heavy atom. The van der Waals surface area contributed by atoms with Crippen molar-refractivity contribution < 1.29 is 13.9 Å². The Hall–Kier alpha value is -1.75. The zero-order valence-corrected chi connectivity index (χ0v) is 10.7. The number of amides is 1. The first kappa shape index (κ1) is 11.7. The second kappa shape index (κ2) is 5.05. The molecule has 2 aromatic rings. The highest BCUT2D eigenvalue weighted by molar-refractivity contribution is 9.10. The molecular weight excluding hydrogens is 286 g/mol. The Labute approximate surface area is 107 Å². The summed E-state index contributed by atoms with van der Waals surface area (Å²) in [4.78, 5) is 11.8. The van der Waals surface area contributed by atoms with Gasteiger partial charge in [-0.2, -0.15) is 0 Å². The molecule has 17 heavy (non-hydrogen) atoms. The fourth-order valence-corrected chi connectivity index (χ4v) is 1.75. The minimum Gasteiger partial charge on any atom is -0.497 e. The van der Waals surface area contributed by atoms with Gasteiger partial charge in [-0.3, -0.25) is 4.79 Å². The van der Waals surface area contributed by atoms with Crippen molar-refractivity contribution in [2.75, 3.05) is 12.4 Å². The minimum atomic E-state index is -0.226. The predicted octanol–water partition coefficient (Wildman–Crippen LogP) is 3.30. The van der Waals surface area contributed by atoms with Gasteiger partial charge >= 0.3 is 0 Å². The largest absolute Gasteiger partial charge is 0.497 e. The summed E-state index contributed by atoms with van der Waals surface area (Å²) in [5.74, 6) is 0.517. The molecule has 1 amide bonds. The first-order chi connectivity index (χ1) is 8.20. The lowest BCUT2D eigenvalue weighted by Gasteiger charge is -2.05. The first-order valence-corrected chi connectivity index (χ1v) is 5.68. The number of carbonyl (C=O) groups is 1. The maximum Gasteiger partial charge on any atom is 0.260 e. The van der Waals surface area contributed by atoms with Crippen LogP contribution in [0, 0.1) is 0 Å². The number of hydrogen-bond donors (Lipinski definition) is 1. The number of furan rings is 1. The zero-order valence-electron chi connectivity index (χ0n) is 9.07. The fourth-order valence-electron chi connectivity index (χ4n) is 1.33. The normalized spacial score (nSPS) is 10.0. The van der Waals surface area contributed by atoms with E-state index in [9.17, 15) is 4.79 Å². The summed E-state index contributed by atoms with van der Waals surface area (Å²) < 4.78 is 10.4. The maximum absolute atomic E-state index is 11.8. The van der Waals surface area contributed by atoms with Crippen molar-refractivity contribution >= 4 is 27.5 Å². The van der Waals surface area contributed by atoms with Gasteiger partial charge in [0.25, 0.3) is 5.91 Å². The zero-order chi connectivity index (χ0) is 12.3. The molecule has 1 aromatic heterocycles. The monoisotopic (exact) mass is 295 g/mol. The van der Waals surface area contributed by atoms with Crippen LogP contribution in [0.2, 0.25) is 0 Å². The molecule has 0 unspecified atom stereocenters. The molecule has 1 aromatic carbocycles. The third kappa shape index (κ3) is 2.68. The van der Waals surface area contributed by atoms with Gasteiger partial charge in [0, 0.05) is 5.69 Å². The van der Waals surface area contributed by atoms with Crippen LogP contribution in [-0.4, -0.2) is 13.0 Å². The summed E-state index contributed by atoms with van der Waals surface area (Å²) in [6, 6.07) is 8.69. The van der Waals surface area contributed by atoms with E-state index in [1.54, 1.807) is 37.4 Å². The molecule has 0 radical (unpaired) electrons. The second-order valence-corrected chi connectivity index (χ2v) is 4.01. The lowest BCUT2D eigenvalue weighted by Crippen LogP contribution is -2.11. The van der Waals surface area contributed by atoms with E-state index in [0.717, 1.165) is 5.75 Å². The fraction of sp³-hybridized carbons (Fsp3) is 0.0833. The smallest absolute Gasteiger partial charge is 0.260 e. The van der Waals surface area contributed by atoms with Crippen LogP contribution in [0.25, 0.3) is 0 Å². The van der Waals surface area contributed by atoms with E-state index < -0.39 is 0 Å². The predicted molar refractivity (Wildman–Crippen MR) is 67.4 cm³/mol. The van der Waals surface area contributed by atoms with Crippen LogP contribution in [0.1, 0.15) is 10.4 Å². The van der Waals surface area contributed by atoms with Crippen molar-refractivity contribution in [3.63, 3.8) is 0 Å². The molecule has 0 aliphatic rings. The van der Waals surface area contributed by atoms with Crippen molar-refractivity contribution in [3.8, 4) is 5.75 Å². The van der Waals surface area contributed by atoms with Crippen molar-refractivity contribution in [2.45, 2.75) is 0 Å². The van der Waals surface area contributed by atoms with Crippen molar-refractivity contribution in [1.29, 1.82) is 0 Å². The minimum absolute atomic E-state index is 0.226. The van der Waals surface area contributed by atoms with E-state index in [-0.39, 0.29) is 5.91 Å². The van der Waals surface area contributed by atoms with Crippen LogP contribution in [-0.2, 0) is 0 Å². The third-order valence-electron chi connectivity index (χ3n) is 2.21. The molecular formula is C12H10BrNO3. The Balaban J connectivity index is 2.10. The Bertz CT molecular complexity index is 519. The SMILES string of the molecule is COc1ccc(NC(=O)c2ccoc2Br)cc1. The van der Waals surface area contributed by atoms with Gasteiger partial charge in [-0.05, 0) is 46.3 Å². The van der Waals surface area contributed by atoms with Gasteiger partial charge in [0.05, 0.1) is 18.9 Å². The van der Waals surface area contributed by atoms with Crippen molar-refractivity contribution in [1.82, 2.24) is 0 Å². The van der Waals surface area contributed by atoms with E-state index in [2.05, 4.69) is 21.2 Å². The standard InChI is InChI=1S/C12H10BrNO3/c1-16-9-4-2-8(3-5-9)14-12(15)10-6-7-17-11(10)13/h2-7H,1H3,(H,14,15). The lowest BCUT2D eigenvalue weighted by atomic mass is 10.2. The molecule has 1 heterocycles. The molecule has 5 heteroatoms. The number of halogens is 1. The highest BCUT2D eigenvalue weighted by Gasteiger charge is 2.12. The molecule has 88 valence electrons. The molecule has 0 atom stereocenters. The highest BCUT2D eigenvalue weighted by atomic mass is 79.9. The molecule has 0 saturated heterocycles. The molecule has 4 nitrogen and oxygen atoms in total. The quantitative estimate of drug-likeness (QED) is 0.945. The number of carbonyl (C=O) groups excluding carboxylic acids is 1. The van der Waals surface area contributed by atoms with E-state index in [1.165, 1.54) is 6.26 Å². The van der Waals surface area contributed by atoms with Crippen LogP contribution in [0.4, 0.5) is 5.69 Å². The van der Waals surface area contributed by atoms with Gasteiger partial charge in [0.15, 0.2) is 4.67 Å². The second-order valence-electron chi connectivity index (χ2n) is 3.29. The van der Waals surface area contributed by atoms with Crippen LogP contribution in [0.15, 0.2) is 45.7 Å². The summed E-state index contributed by atoms with van der Waals surface area (Å²) in [7, 11) is 1.59. The van der Waals surface area contributed by atoms with E-state index in [1.807, 2.05) is 0 Å². The number of anilines is 1. The average molecular weight is 296 g/mol. The Kier molecular flexibility index (Phi) is 3.49. The van der Waals surface area contributed by atoms with Crippen LogP contribution in [0.3, 0.4) is 0 Å². The Morgan fingerprint density at radius 3 is 2.53 bits per heavy atom. The molecule has 0 fully saturated rings. The molecule has 1 N–H and O–H groups in total. The van der Waals surface area contributed by atoms with Gasteiger partial charge in [0.2, 0.25) is 0 Å². The van der Waals surface area contributed by atoms with Crippen LogP contribution < -0.4 is 10.1 Å². The molecule has 0 bridgehead atoms. The molecule has 0 spiro atoms. The van der Waals surface area contributed by atoms with Crippen molar-refractivity contribution in [2.24, 2.45) is 0 Å². The number of rotatable bonds is 3. The first-order valence-electron chi connectivity index (χ1n) is 4.89. The summed E-state index contributed by atoms with van der Waals surface area (Å²) in [6.45, 7) is 0. The number of ether oxygens (including phenoxy) is 1. The van der Waals surface area contributed by atoms with Gasteiger partial charge in [-0.15, -0.1) is 0 Å². The lowest BCUT2D eigenvalue weighted by molar-refractivity contribution is 0.102. The van der Waals surface area contributed by atoms with Gasteiger partial charge in [-0.1, -0.05) is 0 Å². The number of hydrogen-bond acceptors (Lipinski definition) is 3. The van der Waals surface area contributed by atoms with Crippen LogP contribution in [0.5, 0.6) is 5.75 Å². The van der Waals surface area contributed by atoms with E-state index in [4.69, 9.17) is 9.15 Å². The maximum atomic E-state index is 11.8. The summed E-state index contributed by atoms with van der Waals surface area (Å²) in [5, 5.41) is 2.75. The molecule has 0 saturated carbocycles. The van der Waals surface area contributed by atoms with Gasteiger partial charge in [0.1, 0.15) is 5.75 Å². The highest BCUT2D eigenvalue weighted by Crippen LogP contribution is 2.20. The number of benzene rings is 1. The molecule has 0 aliphatic carbocycles. The molecule has 2 rings (SSSR count). The van der Waals surface area contributed by atoms with E-state index in [0.29, 0.717) is 15.9 Å². The van der Waals surface area contributed by atoms with E-state index >= 15 is 0 Å².